The fourth-order valence-corrected chi connectivity index (χ4v) is 2.60. The van der Waals surface area contributed by atoms with Gasteiger partial charge in [-0.3, -0.25) is 24.7 Å². The summed E-state index contributed by atoms with van der Waals surface area (Å²) in [7, 11) is 1.57. The molecule has 146 valence electrons. The van der Waals surface area contributed by atoms with Crippen LogP contribution in [0.25, 0.3) is 0 Å². The SMILES string of the molecule is CCC1(C)NC(=O)N(NC(=O)CN(C)CC(=O)Nc2ccc(Br)cn2)C1=O. The number of carbonyl (C=O) groups excluding carboxylic acids is 4. The number of nitrogens with one attached hydrogen (secondary N) is 3. The molecule has 5 amide bonds. The molecular formula is C16H21BrN6O4. The number of aromatic nitrogens is 1. The number of likely N-dealkylation sites (N-methyl/N-ethyl adjacent to an activating group) is 1. The van der Waals surface area contributed by atoms with E-state index in [1.165, 1.54) is 4.90 Å². The number of nitrogens with zero attached hydrogens (tertiary/aromatic N) is 3. The van der Waals surface area contributed by atoms with Gasteiger partial charge in [0.25, 0.3) is 11.8 Å². The normalized spacial score (nSPS) is 19.2. The van der Waals surface area contributed by atoms with Gasteiger partial charge in [0.05, 0.1) is 13.1 Å². The van der Waals surface area contributed by atoms with Gasteiger partial charge in [0.2, 0.25) is 5.91 Å². The summed E-state index contributed by atoms with van der Waals surface area (Å²) in [5.74, 6) is -1.08. The second-order valence-corrected chi connectivity index (χ2v) is 7.29. The third-order valence-electron chi connectivity index (χ3n) is 4.03. The number of carbonyl (C=O) groups is 4. The average molecular weight is 441 g/mol. The first kappa shape index (κ1) is 20.8. The molecule has 2 heterocycles. The quantitative estimate of drug-likeness (QED) is 0.529. The molecule has 1 aromatic rings. The number of hydrogen-bond acceptors (Lipinski definition) is 6. The smallest absolute Gasteiger partial charge is 0.322 e. The standard InChI is InChI=1S/C16H21BrN6O4/c1-4-16(2)14(26)23(15(27)20-16)21-13(25)9-22(3)8-12(24)19-11-6-5-10(17)7-18-11/h5-7H,4,8-9H2,1-3H3,(H,20,27)(H,21,25)(H,18,19,24). The van der Waals surface area contributed by atoms with Gasteiger partial charge in [-0.05, 0) is 48.5 Å². The first-order chi connectivity index (χ1) is 12.6. The zero-order valence-electron chi connectivity index (χ0n) is 15.2. The molecule has 1 aliphatic heterocycles. The zero-order valence-corrected chi connectivity index (χ0v) is 16.8. The summed E-state index contributed by atoms with van der Waals surface area (Å²) in [6.45, 7) is 3.10. The van der Waals surface area contributed by atoms with Crippen LogP contribution >= 0.6 is 15.9 Å². The van der Waals surface area contributed by atoms with Gasteiger partial charge < -0.3 is 10.6 Å². The number of anilines is 1. The molecule has 1 saturated heterocycles. The molecule has 1 aliphatic rings. The number of rotatable bonds is 7. The van der Waals surface area contributed by atoms with E-state index in [0.29, 0.717) is 17.2 Å². The second-order valence-electron chi connectivity index (χ2n) is 6.37. The summed E-state index contributed by atoms with van der Waals surface area (Å²) in [6, 6.07) is 2.69. The Labute approximate surface area is 164 Å². The van der Waals surface area contributed by atoms with Gasteiger partial charge in [-0.15, -0.1) is 0 Å². The Hall–Kier alpha value is -2.53. The summed E-state index contributed by atoms with van der Waals surface area (Å²) in [5.41, 5.74) is 1.24. The van der Waals surface area contributed by atoms with Gasteiger partial charge in [-0.2, -0.15) is 5.01 Å². The number of pyridine rings is 1. The molecular weight excluding hydrogens is 420 g/mol. The Bertz CT molecular complexity index is 756. The highest BCUT2D eigenvalue weighted by Gasteiger charge is 2.47. The van der Waals surface area contributed by atoms with Gasteiger partial charge in [0.15, 0.2) is 0 Å². The van der Waals surface area contributed by atoms with Crippen LogP contribution in [0.2, 0.25) is 0 Å². The molecule has 27 heavy (non-hydrogen) atoms. The largest absolute Gasteiger partial charge is 0.344 e. The number of halogens is 1. The number of amides is 5. The molecule has 1 fully saturated rings. The number of hydrogen-bond donors (Lipinski definition) is 3. The third kappa shape index (κ3) is 5.23. The maximum atomic E-state index is 12.2. The molecule has 2 rings (SSSR count). The van der Waals surface area contributed by atoms with Crippen molar-refractivity contribution in [3.8, 4) is 0 Å². The Morgan fingerprint density at radius 1 is 1.30 bits per heavy atom. The molecule has 0 spiro atoms. The molecule has 10 nitrogen and oxygen atoms in total. The first-order valence-electron chi connectivity index (χ1n) is 8.20. The Morgan fingerprint density at radius 3 is 2.52 bits per heavy atom. The molecule has 1 atom stereocenters. The summed E-state index contributed by atoms with van der Waals surface area (Å²) >= 11 is 3.25. The fourth-order valence-electron chi connectivity index (χ4n) is 2.36. The van der Waals surface area contributed by atoms with Crippen molar-refractivity contribution in [3.63, 3.8) is 0 Å². The van der Waals surface area contributed by atoms with E-state index in [1.807, 2.05) is 0 Å². The zero-order chi connectivity index (χ0) is 20.2. The molecule has 11 heteroatoms. The Morgan fingerprint density at radius 2 is 1.96 bits per heavy atom. The summed E-state index contributed by atoms with van der Waals surface area (Å²) in [4.78, 5) is 53.7. The van der Waals surface area contributed by atoms with Crippen LogP contribution in [0, 0.1) is 0 Å². The van der Waals surface area contributed by atoms with Crippen LogP contribution in [0.5, 0.6) is 0 Å². The van der Waals surface area contributed by atoms with E-state index in [0.717, 1.165) is 4.47 Å². The maximum absolute atomic E-state index is 12.2. The van der Waals surface area contributed by atoms with E-state index in [-0.39, 0.29) is 19.0 Å². The molecule has 1 aromatic heterocycles. The van der Waals surface area contributed by atoms with E-state index in [4.69, 9.17) is 0 Å². The van der Waals surface area contributed by atoms with Gasteiger partial charge >= 0.3 is 6.03 Å². The fraction of sp³-hybridized carbons (Fsp3) is 0.438. The summed E-state index contributed by atoms with van der Waals surface area (Å²) in [6.07, 6.45) is 1.95. The van der Waals surface area contributed by atoms with Crippen LogP contribution in [0.1, 0.15) is 20.3 Å². The van der Waals surface area contributed by atoms with Gasteiger partial charge in [0.1, 0.15) is 11.4 Å². The van der Waals surface area contributed by atoms with E-state index >= 15 is 0 Å². The van der Waals surface area contributed by atoms with E-state index < -0.39 is 23.4 Å². The monoisotopic (exact) mass is 440 g/mol. The molecule has 1 unspecified atom stereocenters. The van der Waals surface area contributed by atoms with Crippen LogP contribution in [-0.4, -0.2) is 64.3 Å². The van der Waals surface area contributed by atoms with Crippen molar-refractivity contribution in [2.45, 2.75) is 25.8 Å². The number of imide groups is 1. The van der Waals surface area contributed by atoms with Crippen molar-refractivity contribution in [2.75, 3.05) is 25.5 Å². The molecule has 0 aliphatic carbocycles. The minimum absolute atomic E-state index is 0.0714. The lowest BCUT2D eigenvalue weighted by Crippen LogP contribution is -2.51. The van der Waals surface area contributed by atoms with Crippen molar-refractivity contribution in [1.82, 2.24) is 25.6 Å². The van der Waals surface area contributed by atoms with Crippen LogP contribution < -0.4 is 16.1 Å². The van der Waals surface area contributed by atoms with Crippen molar-refractivity contribution >= 4 is 45.5 Å². The lowest BCUT2D eigenvalue weighted by Gasteiger charge is -2.20. The molecule has 0 bridgehead atoms. The van der Waals surface area contributed by atoms with Crippen LogP contribution in [0.15, 0.2) is 22.8 Å². The average Bonchev–Trinajstić information content (AvgIpc) is 2.80. The predicted molar refractivity (Wildman–Crippen MR) is 100 cm³/mol. The highest BCUT2D eigenvalue weighted by molar-refractivity contribution is 9.10. The first-order valence-corrected chi connectivity index (χ1v) is 9.00. The topological polar surface area (TPSA) is 124 Å². The molecule has 3 N–H and O–H groups in total. The Balaban J connectivity index is 1.83. The highest BCUT2D eigenvalue weighted by atomic mass is 79.9. The second kappa shape index (κ2) is 8.44. The lowest BCUT2D eigenvalue weighted by molar-refractivity contribution is -0.139. The van der Waals surface area contributed by atoms with Crippen LogP contribution in [0.3, 0.4) is 0 Å². The number of hydrazine groups is 1. The van der Waals surface area contributed by atoms with Gasteiger partial charge in [-0.1, -0.05) is 6.92 Å². The van der Waals surface area contributed by atoms with E-state index in [2.05, 4.69) is 37.0 Å². The summed E-state index contributed by atoms with van der Waals surface area (Å²) in [5, 5.41) is 5.81. The molecule has 0 radical (unpaired) electrons. The minimum Gasteiger partial charge on any atom is -0.322 e. The van der Waals surface area contributed by atoms with Crippen molar-refractivity contribution in [3.05, 3.63) is 22.8 Å². The maximum Gasteiger partial charge on any atom is 0.344 e. The van der Waals surface area contributed by atoms with Crippen LogP contribution in [-0.2, 0) is 14.4 Å². The number of urea groups is 1. The Kier molecular flexibility index (Phi) is 6.50. The van der Waals surface area contributed by atoms with Gasteiger partial charge in [0, 0.05) is 10.7 Å². The van der Waals surface area contributed by atoms with Crippen molar-refractivity contribution in [2.24, 2.45) is 0 Å². The van der Waals surface area contributed by atoms with E-state index in [9.17, 15) is 19.2 Å². The lowest BCUT2D eigenvalue weighted by atomic mass is 10.00. The van der Waals surface area contributed by atoms with Gasteiger partial charge in [-0.25, -0.2) is 9.78 Å². The molecule has 0 saturated carbocycles. The predicted octanol–water partition coefficient (Wildman–Crippen LogP) is 0.466. The summed E-state index contributed by atoms with van der Waals surface area (Å²) < 4.78 is 0.786. The minimum atomic E-state index is -1.03. The van der Waals surface area contributed by atoms with Crippen molar-refractivity contribution < 1.29 is 19.2 Å². The van der Waals surface area contributed by atoms with Crippen molar-refractivity contribution in [1.29, 1.82) is 0 Å². The van der Waals surface area contributed by atoms with Crippen LogP contribution in [0.4, 0.5) is 10.6 Å². The molecule has 0 aromatic carbocycles. The van der Waals surface area contributed by atoms with E-state index in [1.54, 1.807) is 39.2 Å². The third-order valence-corrected chi connectivity index (χ3v) is 4.50. The highest BCUT2D eigenvalue weighted by Crippen LogP contribution is 2.19.